The lowest BCUT2D eigenvalue weighted by atomic mass is 10.1. The highest BCUT2D eigenvalue weighted by molar-refractivity contribution is 9.10. The van der Waals surface area contributed by atoms with Crippen molar-refractivity contribution in [1.29, 1.82) is 0 Å². The molecule has 1 aromatic rings. The van der Waals surface area contributed by atoms with Crippen molar-refractivity contribution in [3.05, 3.63) is 33.8 Å². The van der Waals surface area contributed by atoms with Crippen molar-refractivity contribution in [1.82, 2.24) is 4.90 Å². The summed E-state index contributed by atoms with van der Waals surface area (Å²) in [5.41, 5.74) is 1.18. The fourth-order valence-electron chi connectivity index (χ4n) is 1.77. The number of hydrogen-bond donors (Lipinski definition) is 0. The van der Waals surface area contributed by atoms with Crippen LogP contribution >= 0.6 is 28.1 Å². The van der Waals surface area contributed by atoms with E-state index in [4.69, 9.17) is 17.0 Å². The molecule has 18 heavy (non-hydrogen) atoms. The Balaban J connectivity index is 2.29. The Kier molecular flexibility index (Phi) is 3.77. The first-order chi connectivity index (χ1) is 8.56. The lowest BCUT2D eigenvalue weighted by molar-refractivity contribution is -0.143. The Labute approximate surface area is 118 Å². The van der Waals surface area contributed by atoms with E-state index in [-0.39, 0.29) is 19.1 Å². The van der Waals surface area contributed by atoms with E-state index < -0.39 is 5.97 Å². The van der Waals surface area contributed by atoms with E-state index in [0.29, 0.717) is 20.6 Å². The van der Waals surface area contributed by atoms with Crippen molar-refractivity contribution >= 4 is 45.0 Å². The molecule has 0 saturated heterocycles. The van der Waals surface area contributed by atoms with Crippen LogP contribution in [0.2, 0.25) is 0 Å². The van der Waals surface area contributed by atoms with E-state index in [2.05, 4.69) is 15.9 Å². The summed E-state index contributed by atoms with van der Waals surface area (Å²) in [7, 11) is 0. The zero-order chi connectivity index (χ0) is 13.3. The minimum absolute atomic E-state index is 0.146. The van der Waals surface area contributed by atoms with E-state index >= 15 is 0 Å². The van der Waals surface area contributed by atoms with Gasteiger partial charge in [0.1, 0.15) is 11.5 Å². The van der Waals surface area contributed by atoms with Crippen molar-refractivity contribution in [2.45, 2.75) is 6.92 Å². The van der Waals surface area contributed by atoms with Crippen LogP contribution in [-0.2, 0) is 9.53 Å². The van der Waals surface area contributed by atoms with Gasteiger partial charge in [0.2, 0.25) is 0 Å². The molecule has 0 fully saturated rings. The lowest BCUT2D eigenvalue weighted by Crippen LogP contribution is -2.35. The second-order valence-electron chi connectivity index (χ2n) is 3.66. The smallest absolute Gasteiger partial charge is 0.326 e. The molecule has 0 atom stereocenters. The van der Waals surface area contributed by atoms with Crippen LogP contribution in [0.5, 0.6) is 0 Å². The van der Waals surface area contributed by atoms with Crippen LogP contribution in [0.3, 0.4) is 0 Å². The zero-order valence-electron chi connectivity index (χ0n) is 9.60. The second-order valence-corrected chi connectivity index (χ2v) is 4.90. The number of carbonyl (C=O) groups is 2. The van der Waals surface area contributed by atoms with Gasteiger partial charge in [-0.3, -0.25) is 14.5 Å². The number of benzene rings is 1. The molecule has 1 aliphatic rings. The van der Waals surface area contributed by atoms with Crippen LogP contribution in [-0.4, -0.2) is 34.9 Å². The average molecular weight is 328 g/mol. The summed E-state index contributed by atoms with van der Waals surface area (Å²) in [5.74, 6) is -0.729. The summed E-state index contributed by atoms with van der Waals surface area (Å²) in [4.78, 5) is 25.2. The van der Waals surface area contributed by atoms with E-state index in [1.165, 1.54) is 4.90 Å². The lowest BCUT2D eigenvalue weighted by Gasteiger charge is -2.14. The fraction of sp³-hybridized carbons (Fsp3) is 0.250. The predicted molar refractivity (Wildman–Crippen MR) is 73.5 cm³/mol. The van der Waals surface area contributed by atoms with Crippen molar-refractivity contribution < 1.29 is 14.3 Å². The van der Waals surface area contributed by atoms with Crippen molar-refractivity contribution in [3.8, 4) is 0 Å². The molecule has 0 unspecified atom stereocenters. The molecule has 0 saturated carbocycles. The number of amides is 1. The van der Waals surface area contributed by atoms with Crippen LogP contribution in [0, 0.1) is 0 Å². The molecule has 0 aromatic heterocycles. The molecule has 4 nitrogen and oxygen atoms in total. The van der Waals surface area contributed by atoms with Gasteiger partial charge in [0.25, 0.3) is 5.91 Å². The van der Waals surface area contributed by atoms with Gasteiger partial charge < -0.3 is 4.74 Å². The molecular weight excluding hydrogens is 318 g/mol. The molecule has 0 spiro atoms. The van der Waals surface area contributed by atoms with Crippen LogP contribution in [0.4, 0.5) is 0 Å². The van der Waals surface area contributed by atoms with Gasteiger partial charge in [0.05, 0.1) is 12.2 Å². The van der Waals surface area contributed by atoms with Crippen LogP contribution in [0.1, 0.15) is 22.8 Å². The van der Waals surface area contributed by atoms with Gasteiger partial charge >= 0.3 is 5.97 Å². The number of carbonyl (C=O) groups excluding carboxylic acids is 2. The van der Waals surface area contributed by atoms with Gasteiger partial charge in [-0.25, -0.2) is 0 Å². The van der Waals surface area contributed by atoms with Crippen LogP contribution in [0.25, 0.3) is 0 Å². The highest BCUT2D eigenvalue weighted by Crippen LogP contribution is 2.29. The van der Waals surface area contributed by atoms with Gasteiger partial charge in [-0.2, -0.15) is 0 Å². The molecule has 0 radical (unpaired) electrons. The fourth-order valence-corrected chi connectivity index (χ4v) is 2.62. The minimum atomic E-state index is -0.461. The zero-order valence-corrected chi connectivity index (χ0v) is 12.0. The van der Waals surface area contributed by atoms with Crippen molar-refractivity contribution in [2.24, 2.45) is 0 Å². The normalized spacial score (nSPS) is 13.8. The Morgan fingerprint density at radius 2 is 2.22 bits per heavy atom. The molecule has 0 N–H and O–H groups in total. The number of hydrogen-bond acceptors (Lipinski definition) is 4. The largest absolute Gasteiger partial charge is 0.465 e. The molecule has 94 valence electrons. The standard InChI is InChI=1S/C12H10BrNO3S/c1-2-17-9(15)6-14-11(16)10-7(12(14)18)4-3-5-8(10)13/h3-5H,2,6H2,1H3. The van der Waals surface area contributed by atoms with Crippen molar-refractivity contribution in [2.75, 3.05) is 13.2 Å². The topological polar surface area (TPSA) is 46.6 Å². The Morgan fingerprint density at radius 3 is 2.83 bits per heavy atom. The van der Waals surface area contributed by atoms with E-state index in [1.54, 1.807) is 25.1 Å². The molecule has 1 aliphatic heterocycles. The Bertz CT molecular complexity index is 544. The summed E-state index contributed by atoms with van der Waals surface area (Å²) in [6, 6.07) is 5.34. The first kappa shape index (κ1) is 13.2. The van der Waals surface area contributed by atoms with E-state index in [1.807, 2.05) is 0 Å². The first-order valence-electron chi connectivity index (χ1n) is 5.36. The maximum Gasteiger partial charge on any atom is 0.326 e. The molecule has 1 amide bonds. The van der Waals surface area contributed by atoms with Gasteiger partial charge in [0, 0.05) is 10.0 Å². The maximum atomic E-state index is 12.2. The Morgan fingerprint density at radius 1 is 1.50 bits per heavy atom. The van der Waals surface area contributed by atoms with Gasteiger partial charge in [-0.1, -0.05) is 24.4 Å². The monoisotopic (exact) mass is 327 g/mol. The number of fused-ring (bicyclic) bond motifs is 1. The number of nitrogens with zero attached hydrogens (tertiary/aromatic N) is 1. The second kappa shape index (κ2) is 5.16. The maximum absolute atomic E-state index is 12.2. The van der Waals surface area contributed by atoms with E-state index in [0.717, 1.165) is 0 Å². The third-order valence-corrected chi connectivity index (χ3v) is 3.64. The molecule has 0 aliphatic carbocycles. The molecule has 0 bridgehead atoms. The molecule has 2 rings (SSSR count). The molecular formula is C12H10BrNO3S. The number of ether oxygens (including phenoxy) is 1. The predicted octanol–water partition coefficient (Wildman–Crippen LogP) is 2.14. The number of rotatable bonds is 3. The highest BCUT2D eigenvalue weighted by Gasteiger charge is 2.35. The summed E-state index contributed by atoms with van der Waals surface area (Å²) >= 11 is 8.53. The molecule has 1 heterocycles. The minimum Gasteiger partial charge on any atom is -0.465 e. The SMILES string of the molecule is CCOC(=O)CN1C(=O)c2c(Br)cccc2C1=S. The first-order valence-corrected chi connectivity index (χ1v) is 6.56. The summed E-state index contributed by atoms with van der Waals surface area (Å²) < 4.78 is 5.50. The van der Waals surface area contributed by atoms with Crippen LogP contribution in [0.15, 0.2) is 22.7 Å². The summed E-state index contributed by atoms with van der Waals surface area (Å²) in [6.45, 7) is 1.85. The summed E-state index contributed by atoms with van der Waals surface area (Å²) in [5, 5.41) is 0. The third kappa shape index (κ3) is 2.18. The van der Waals surface area contributed by atoms with Crippen molar-refractivity contribution in [3.63, 3.8) is 0 Å². The average Bonchev–Trinajstić information content (AvgIpc) is 2.56. The van der Waals surface area contributed by atoms with Gasteiger partial charge in [-0.05, 0) is 28.9 Å². The molecule has 1 aromatic carbocycles. The van der Waals surface area contributed by atoms with Gasteiger partial charge in [-0.15, -0.1) is 0 Å². The van der Waals surface area contributed by atoms with Crippen LogP contribution < -0.4 is 0 Å². The van der Waals surface area contributed by atoms with E-state index in [9.17, 15) is 9.59 Å². The molecule has 6 heteroatoms. The van der Waals surface area contributed by atoms with Gasteiger partial charge in [0.15, 0.2) is 0 Å². The Hall–Kier alpha value is -1.27. The number of thiocarbonyl (C=S) groups is 1. The highest BCUT2D eigenvalue weighted by atomic mass is 79.9. The quantitative estimate of drug-likeness (QED) is 0.630. The third-order valence-electron chi connectivity index (χ3n) is 2.54. The number of esters is 1. The number of halogens is 1. The summed E-state index contributed by atoms with van der Waals surface area (Å²) in [6.07, 6.45) is 0.